The topological polar surface area (TPSA) is 54.7 Å². The largest absolute Gasteiger partial charge is 0.454 e. The number of methoxy groups -OCH3 is 2. The molecular weight excluding hydrogens is 315 g/mol. The van der Waals surface area contributed by atoms with E-state index in [0.717, 1.165) is 25.9 Å². The molecule has 0 radical (unpaired) electrons. The van der Waals surface area contributed by atoms with Crippen molar-refractivity contribution in [2.75, 3.05) is 20.8 Å². The van der Waals surface area contributed by atoms with Crippen molar-refractivity contribution in [1.82, 2.24) is 9.78 Å². The quantitative estimate of drug-likeness (QED) is 0.751. The maximum atomic E-state index is 13.8. The number of rotatable bonds is 6. The average molecular weight is 336 g/mol. The fourth-order valence-corrected chi connectivity index (χ4v) is 2.75. The summed E-state index contributed by atoms with van der Waals surface area (Å²) in [7, 11) is 2.99. The van der Waals surface area contributed by atoms with Gasteiger partial charge in [-0.25, -0.2) is 9.07 Å². The normalized spacial score (nSPS) is 18.1. The molecule has 24 heavy (non-hydrogen) atoms. The highest BCUT2D eigenvalue weighted by Gasteiger charge is 2.17. The van der Waals surface area contributed by atoms with E-state index in [1.807, 2.05) is 0 Å². The third-order valence-corrected chi connectivity index (χ3v) is 3.86. The Balaban J connectivity index is 1.75. The molecule has 0 amide bonds. The van der Waals surface area contributed by atoms with E-state index in [-0.39, 0.29) is 6.23 Å². The predicted octanol–water partition coefficient (Wildman–Crippen LogP) is 3.81. The number of benzene rings is 1. The van der Waals surface area contributed by atoms with E-state index < -0.39 is 12.1 Å². The molecule has 0 N–H and O–H groups in total. The molecule has 7 heteroatoms. The Kier molecular flexibility index (Phi) is 5.44. The Morgan fingerprint density at radius 1 is 1.21 bits per heavy atom. The second-order valence-electron chi connectivity index (χ2n) is 5.60. The maximum absolute atomic E-state index is 13.8. The van der Waals surface area contributed by atoms with Crippen LogP contribution >= 0.6 is 0 Å². The molecule has 1 unspecified atom stereocenters. The van der Waals surface area contributed by atoms with Crippen molar-refractivity contribution >= 4 is 0 Å². The molecular formula is C17H21FN2O4. The molecule has 0 aliphatic carbocycles. The van der Waals surface area contributed by atoms with Crippen LogP contribution in [0, 0.1) is 5.82 Å². The lowest BCUT2D eigenvalue weighted by Gasteiger charge is -2.22. The van der Waals surface area contributed by atoms with Crippen LogP contribution in [-0.4, -0.2) is 30.6 Å². The Labute approximate surface area is 140 Å². The van der Waals surface area contributed by atoms with Crippen LogP contribution < -0.4 is 4.74 Å². The Hall–Kier alpha value is -1.96. The highest BCUT2D eigenvalue weighted by molar-refractivity contribution is 5.33. The van der Waals surface area contributed by atoms with Crippen LogP contribution in [0.4, 0.5) is 4.39 Å². The van der Waals surface area contributed by atoms with Gasteiger partial charge in [0, 0.05) is 32.5 Å². The summed E-state index contributed by atoms with van der Waals surface area (Å²) in [6.07, 6.45) is 5.75. The van der Waals surface area contributed by atoms with Gasteiger partial charge in [0.15, 0.2) is 12.0 Å². The molecule has 1 aliphatic heterocycles. The summed E-state index contributed by atoms with van der Waals surface area (Å²) in [5.41, 5.74) is 0.540. The molecule has 130 valence electrons. The highest BCUT2D eigenvalue weighted by Crippen LogP contribution is 2.29. The molecule has 3 rings (SSSR count). The number of nitrogens with zero attached hydrogens (tertiary/aromatic N) is 2. The van der Waals surface area contributed by atoms with Crippen molar-refractivity contribution in [1.29, 1.82) is 0 Å². The third kappa shape index (κ3) is 3.92. The molecule has 1 aliphatic rings. The molecule has 1 aromatic carbocycles. The average Bonchev–Trinajstić information content (AvgIpc) is 3.05. The maximum Gasteiger partial charge on any atom is 0.183 e. The fraction of sp³-hybridized carbons (Fsp3) is 0.471. The Bertz CT molecular complexity index is 666. The van der Waals surface area contributed by atoms with E-state index in [1.165, 1.54) is 26.4 Å². The van der Waals surface area contributed by atoms with Gasteiger partial charge < -0.3 is 18.9 Å². The van der Waals surface area contributed by atoms with Crippen LogP contribution in [0.3, 0.4) is 0 Å². The molecule has 0 spiro atoms. The summed E-state index contributed by atoms with van der Waals surface area (Å²) in [4.78, 5) is 0. The molecule has 1 saturated heterocycles. The highest BCUT2D eigenvalue weighted by atomic mass is 19.1. The van der Waals surface area contributed by atoms with Gasteiger partial charge in [0.1, 0.15) is 17.8 Å². The smallest absolute Gasteiger partial charge is 0.183 e. The van der Waals surface area contributed by atoms with Gasteiger partial charge >= 0.3 is 0 Å². The van der Waals surface area contributed by atoms with Gasteiger partial charge in [-0.05, 0) is 31.4 Å². The van der Waals surface area contributed by atoms with Gasteiger partial charge in [-0.15, -0.1) is 0 Å². The standard InChI is InChI=1S/C17H21FN2O4/c1-21-17(22-2)12-7-13(18)9-14(8-12)24-15-10-19-20(11-15)16-5-3-4-6-23-16/h7-11,16-17H,3-6H2,1-2H3. The monoisotopic (exact) mass is 336 g/mol. The van der Waals surface area contributed by atoms with E-state index in [4.69, 9.17) is 18.9 Å². The first-order chi connectivity index (χ1) is 11.7. The van der Waals surface area contributed by atoms with Gasteiger partial charge in [0.2, 0.25) is 0 Å². The van der Waals surface area contributed by atoms with Crippen molar-refractivity contribution in [3.8, 4) is 11.5 Å². The van der Waals surface area contributed by atoms with Crippen LogP contribution in [-0.2, 0) is 14.2 Å². The lowest BCUT2D eigenvalue weighted by Crippen LogP contribution is -2.18. The summed E-state index contributed by atoms with van der Waals surface area (Å²) >= 11 is 0. The van der Waals surface area contributed by atoms with Crippen molar-refractivity contribution in [3.05, 3.63) is 42.0 Å². The first-order valence-corrected chi connectivity index (χ1v) is 7.89. The van der Waals surface area contributed by atoms with E-state index >= 15 is 0 Å². The first-order valence-electron chi connectivity index (χ1n) is 7.89. The lowest BCUT2D eigenvalue weighted by molar-refractivity contribution is -0.106. The van der Waals surface area contributed by atoms with Crippen LogP contribution in [0.1, 0.15) is 37.3 Å². The first kappa shape index (κ1) is 16.9. The van der Waals surface area contributed by atoms with Crippen LogP contribution in [0.5, 0.6) is 11.5 Å². The summed E-state index contributed by atoms with van der Waals surface area (Å²) in [5.74, 6) is 0.449. The molecule has 2 aromatic rings. The van der Waals surface area contributed by atoms with E-state index in [2.05, 4.69) is 5.10 Å². The molecule has 1 aromatic heterocycles. The zero-order valence-electron chi connectivity index (χ0n) is 13.8. The van der Waals surface area contributed by atoms with Crippen molar-refractivity contribution < 1.29 is 23.3 Å². The molecule has 6 nitrogen and oxygen atoms in total. The second kappa shape index (κ2) is 7.74. The van der Waals surface area contributed by atoms with Gasteiger partial charge in [-0.1, -0.05) is 0 Å². The van der Waals surface area contributed by atoms with Crippen LogP contribution in [0.2, 0.25) is 0 Å². The van der Waals surface area contributed by atoms with E-state index in [0.29, 0.717) is 17.1 Å². The van der Waals surface area contributed by atoms with E-state index in [9.17, 15) is 4.39 Å². The lowest BCUT2D eigenvalue weighted by atomic mass is 10.2. The predicted molar refractivity (Wildman–Crippen MR) is 84.3 cm³/mol. The minimum Gasteiger partial charge on any atom is -0.454 e. The number of ether oxygens (including phenoxy) is 4. The van der Waals surface area contributed by atoms with Crippen molar-refractivity contribution in [2.24, 2.45) is 0 Å². The zero-order valence-corrected chi connectivity index (χ0v) is 13.8. The number of hydrogen-bond acceptors (Lipinski definition) is 5. The van der Waals surface area contributed by atoms with Crippen molar-refractivity contribution in [3.63, 3.8) is 0 Å². The number of hydrogen-bond donors (Lipinski definition) is 0. The zero-order chi connectivity index (χ0) is 16.9. The van der Waals surface area contributed by atoms with Gasteiger partial charge in [-0.2, -0.15) is 5.10 Å². The minimum atomic E-state index is -0.651. The summed E-state index contributed by atoms with van der Waals surface area (Å²) in [6.45, 7) is 0.739. The number of halogens is 1. The van der Waals surface area contributed by atoms with Gasteiger partial charge in [0.25, 0.3) is 0 Å². The van der Waals surface area contributed by atoms with Crippen molar-refractivity contribution in [2.45, 2.75) is 31.8 Å². The Morgan fingerprint density at radius 2 is 2.04 bits per heavy atom. The third-order valence-electron chi connectivity index (χ3n) is 3.86. The molecule has 1 fully saturated rings. The minimum absolute atomic E-state index is 0.0643. The van der Waals surface area contributed by atoms with Gasteiger partial charge in [0.05, 0.1) is 12.4 Å². The summed E-state index contributed by atoms with van der Waals surface area (Å²) < 4.78 is 37.3. The molecule has 1 atom stereocenters. The van der Waals surface area contributed by atoms with E-state index in [1.54, 1.807) is 23.1 Å². The summed E-state index contributed by atoms with van der Waals surface area (Å²) in [5, 5.41) is 4.27. The second-order valence-corrected chi connectivity index (χ2v) is 5.60. The molecule has 0 bridgehead atoms. The Morgan fingerprint density at radius 3 is 2.75 bits per heavy atom. The van der Waals surface area contributed by atoms with Crippen LogP contribution in [0.15, 0.2) is 30.6 Å². The fourth-order valence-electron chi connectivity index (χ4n) is 2.75. The molecule has 0 saturated carbocycles. The van der Waals surface area contributed by atoms with Gasteiger partial charge in [-0.3, -0.25) is 0 Å². The SMILES string of the molecule is COC(OC)c1cc(F)cc(Oc2cnn(C3CCCCO3)c2)c1. The van der Waals surface area contributed by atoms with Crippen LogP contribution in [0.25, 0.3) is 0 Å². The number of aromatic nitrogens is 2. The summed E-state index contributed by atoms with van der Waals surface area (Å²) in [6, 6.07) is 4.33. The molecule has 2 heterocycles.